The molecule has 0 aromatic rings. The molecule has 0 aromatic heterocycles. The van der Waals surface area contributed by atoms with Gasteiger partial charge in [-0.1, -0.05) is 13.0 Å². The van der Waals surface area contributed by atoms with Gasteiger partial charge in [-0.05, 0) is 25.7 Å². The van der Waals surface area contributed by atoms with E-state index in [-0.39, 0.29) is 12.4 Å². The molecule has 1 heterocycles. The first kappa shape index (κ1) is 11.7. The fourth-order valence-electron chi connectivity index (χ4n) is 1.53. The molecule has 0 amide bonds. The largest absolute Gasteiger partial charge is 0.390 e. The molecule has 1 aliphatic heterocycles. The summed E-state index contributed by atoms with van der Waals surface area (Å²) in [5.41, 5.74) is 0. The van der Waals surface area contributed by atoms with E-state index >= 15 is 0 Å². The lowest BCUT2D eigenvalue weighted by atomic mass is 10.1. The molecule has 1 fully saturated rings. The summed E-state index contributed by atoms with van der Waals surface area (Å²) in [7, 11) is 0. The van der Waals surface area contributed by atoms with E-state index in [9.17, 15) is 5.11 Å². The quantitative estimate of drug-likeness (QED) is 0.688. The van der Waals surface area contributed by atoms with Crippen LogP contribution in [0.1, 0.15) is 32.6 Å². The van der Waals surface area contributed by atoms with Crippen molar-refractivity contribution >= 4 is 0 Å². The first-order valence-electron chi connectivity index (χ1n) is 5.35. The molecule has 3 heteroatoms. The van der Waals surface area contributed by atoms with E-state index in [2.05, 4.69) is 6.58 Å². The second-order valence-corrected chi connectivity index (χ2v) is 3.61. The number of hydrogen-bond acceptors (Lipinski definition) is 3. The van der Waals surface area contributed by atoms with Crippen LogP contribution in [0.4, 0.5) is 0 Å². The van der Waals surface area contributed by atoms with Crippen LogP contribution in [0.15, 0.2) is 12.7 Å². The van der Waals surface area contributed by atoms with E-state index in [0.29, 0.717) is 6.42 Å². The minimum atomic E-state index is -0.474. The second kappa shape index (κ2) is 6.17. The molecule has 0 spiro atoms. The van der Waals surface area contributed by atoms with Gasteiger partial charge in [0.2, 0.25) is 0 Å². The predicted octanol–water partition coefficient (Wildman–Crippen LogP) is 1.86. The van der Waals surface area contributed by atoms with Crippen molar-refractivity contribution in [2.75, 3.05) is 6.61 Å². The van der Waals surface area contributed by atoms with Crippen LogP contribution < -0.4 is 0 Å². The SMILES string of the molecule is C=C[C@H](OC1CCCCO1)C(O)CC. The first-order chi connectivity index (χ1) is 6.77. The molecule has 1 N–H and O–H groups in total. The summed E-state index contributed by atoms with van der Waals surface area (Å²) in [5.74, 6) is 0. The third kappa shape index (κ3) is 3.40. The van der Waals surface area contributed by atoms with Crippen molar-refractivity contribution in [3.63, 3.8) is 0 Å². The molecule has 1 rings (SSSR count). The highest BCUT2D eigenvalue weighted by Gasteiger charge is 2.21. The zero-order valence-electron chi connectivity index (χ0n) is 8.82. The van der Waals surface area contributed by atoms with Crippen LogP contribution in [-0.2, 0) is 9.47 Å². The predicted molar refractivity (Wildman–Crippen MR) is 55.0 cm³/mol. The monoisotopic (exact) mass is 200 g/mol. The van der Waals surface area contributed by atoms with Gasteiger partial charge in [0, 0.05) is 6.61 Å². The van der Waals surface area contributed by atoms with Crippen molar-refractivity contribution in [1.82, 2.24) is 0 Å². The van der Waals surface area contributed by atoms with Gasteiger partial charge in [-0.3, -0.25) is 0 Å². The van der Waals surface area contributed by atoms with Gasteiger partial charge in [0.25, 0.3) is 0 Å². The highest BCUT2D eigenvalue weighted by Crippen LogP contribution is 2.17. The molecule has 3 atom stereocenters. The number of ether oxygens (including phenoxy) is 2. The molecular formula is C11H20O3. The summed E-state index contributed by atoms with van der Waals surface area (Å²) in [6.45, 7) is 6.34. The van der Waals surface area contributed by atoms with Crippen LogP contribution in [0.3, 0.4) is 0 Å². The Hall–Kier alpha value is -0.380. The summed E-state index contributed by atoms with van der Waals surface area (Å²) < 4.78 is 11.0. The summed E-state index contributed by atoms with van der Waals surface area (Å²) in [6.07, 6.45) is 4.54. The van der Waals surface area contributed by atoms with Crippen molar-refractivity contribution in [3.8, 4) is 0 Å². The van der Waals surface area contributed by atoms with Gasteiger partial charge in [-0.25, -0.2) is 0 Å². The molecule has 0 bridgehead atoms. The molecule has 0 aliphatic carbocycles. The Morgan fingerprint density at radius 2 is 2.43 bits per heavy atom. The summed E-state index contributed by atoms with van der Waals surface area (Å²) in [5, 5.41) is 9.60. The summed E-state index contributed by atoms with van der Waals surface area (Å²) in [6, 6.07) is 0. The zero-order valence-corrected chi connectivity index (χ0v) is 8.82. The first-order valence-corrected chi connectivity index (χ1v) is 5.35. The zero-order chi connectivity index (χ0) is 10.4. The lowest BCUT2D eigenvalue weighted by molar-refractivity contribution is -0.195. The molecule has 1 aliphatic rings. The van der Waals surface area contributed by atoms with Gasteiger partial charge in [0.05, 0.1) is 6.10 Å². The molecule has 0 saturated carbocycles. The highest BCUT2D eigenvalue weighted by molar-refractivity contribution is 4.86. The van der Waals surface area contributed by atoms with Crippen LogP contribution >= 0.6 is 0 Å². The normalized spacial score (nSPS) is 26.9. The van der Waals surface area contributed by atoms with Crippen molar-refractivity contribution < 1.29 is 14.6 Å². The van der Waals surface area contributed by atoms with Gasteiger partial charge in [0.1, 0.15) is 6.10 Å². The van der Waals surface area contributed by atoms with Gasteiger partial charge in [-0.15, -0.1) is 6.58 Å². The van der Waals surface area contributed by atoms with E-state index in [1.165, 1.54) is 0 Å². The van der Waals surface area contributed by atoms with E-state index < -0.39 is 6.10 Å². The Labute approximate surface area is 85.7 Å². The van der Waals surface area contributed by atoms with Gasteiger partial charge in [0.15, 0.2) is 6.29 Å². The standard InChI is InChI=1S/C11H20O3/c1-3-9(12)10(4-2)14-11-7-5-6-8-13-11/h4,9-12H,2-3,5-8H2,1H3/t9?,10-,11?/m0/s1. The molecule has 2 unspecified atom stereocenters. The van der Waals surface area contributed by atoms with Gasteiger partial charge < -0.3 is 14.6 Å². The second-order valence-electron chi connectivity index (χ2n) is 3.61. The molecular weight excluding hydrogens is 180 g/mol. The van der Waals surface area contributed by atoms with Gasteiger partial charge in [-0.2, -0.15) is 0 Å². The number of aliphatic hydroxyl groups is 1. The van der Waals surface area contributed by atoms with E-state index in [4.69, 9.17) is 9.47 Å². The van der Waals surface area contributed by atoms with Gasteiger partial charge >= 0.3 is 0 Å². The van der Waals surface area contributed by atoms with Crippen molar-refractivity contribution in [2.24, 2.45) is 0 Å². The maximum atomic E-state index is 9.60. The third-order valence-corrected chi connectivity index (χ3v) is 2.48. The number of aliphatic hydroxyl groups excluding tert-OH is 1. The van der Waals surface area contributed by atoms with Crippen molar-refractivity contribution in [3.05, 3.63) is 12.7 Å². The lowest BCUT2D eigenvalue weighted by Crippen LogP contribution is -2.33. The van der Waals surface area contributed by atoms with Crippen LogP contribution in [0, 0.1) is 0 Å². The maximum absolute atomic E-state index is 9.60. The molecule has 3 nitrogen and oxygen atoms in total. The van der Waals surface area contributed by atoms with Crippen LogP contribution in [0.2, 0.25) is 0 Å². The minimum absolute atomic E-state index is 0.159. The lowest BCUT2D eigenvalue weighted by Gasteiger charge is -2.28. The smallest absolute Gasteiger partial charge is 0.158 e. The fourth-order valence-corrected chi connectivity index (χ4v) is 1.53. The number of rotatable bonds is 5. The Bertz CT molecular complexity index is 164. The molecule has 0 radical (unpaired) electrons. The highest BCUT2D eigenvalue weighted by atomic mass is 16.7. The Morgan fingerprint density at radius 1 is 1.64 bits per heavy atom. The van der Waals surface area contributed by atoms with Crippen LogP contribution in [0.5, 0.6) is 0 Å². The summed E-state index contributed by atoms with van der Waals surface area (Å²) >= 11 is 0. The Kier molecular flexibility index (Phi) is 5.15. The molecule has 14 heavy (non-hydrogen) atoms. The van der Waals surface area contributed by atoms with E-state index in [1.54, 1.807) is 6.08 Å². The van der Waals surface area contributed by atoms with Crippen LogP contribution in [0.25, 0.3) is 0 Å². The fraction of sp³-hybridized carbons (Fsp3) is 0.818. The maximum Gasteiger partial charge on any atom is 0.158 e. The van der Waals surface area contributed by atoms with Crippen LogP contribution in [-0.4, -0.2) is 30.2 Å². The van der Waals surface area contributed by atoms with E-state index in [1.807, 2.05) is 6.92 Å². The average Bonchev–Trinajstić information content (AvgIpc) is 2.26. The van der Waals surface area contributed by atoms with Crippen molar-refractivity contribution in [2.45, 2.75) is 51.1 Å². The molecule has 0 aromatic carbocycles. The molecule has 1 saturated heterocycles. The molecule has 82 valence electrons. The third-order valence-electron chi connectivity index (χ3n) is 2.48. The average molecular weight is 200 g/mol. The summed E-state index contributed by atoms with van der Waals surface area (Å²) in [4.78, 5) is 0. The topological polar surface area (TPSA) is 38.7 Å². The Morgan fingerprint density at radius 3 is 2.93 bits per heavy atom. The van der Waals surface area contributed by atoms with Crippen molar-refractivity contribution in [1.29, 1.82) is 0 Å². The minimum Gasteiger partial charge on any atom is -0.390 e. The Balaban J connectivity index is 2.34. The number of hydrogen-bond donors (Lipinski definition) is 1. The van der Waals surface area contributed by atoms with E-state index in [0.717, 1.165) is 25.9 Å².